The van der Waals surface area contributed by atoms with Crippen LogP contribution in [0.3, 0.4) is 0 Å². The Bertz CT molecular complexity index is 1090. The normalized spacial score (nSPS) is 13.9. The average molecular weight is 459 g/mol. The summed E-state index contributed by atoms with van der Waals surface area (Å²) in [6, 6.07) is 20.9. The zero-order valence-electron chi connectivity index (χ0n) is 19.6. The summed E-state index contributed by atoms with van der Waals surface area (Å²) in [5.74, 6) is 1.39. The van der Waals surface area contributed by atoms with Crippen LogP contribution in [0.1, 0.15) is 40.5 Å². The van der Waals surface area contributed by atoms with Crippen LogP contribution < -0.4 is 15.0 Å². The van der Waals surface area contributed by atoms with E-state index in [1.54, 1.807) is 24.4 Å². The summed E-state index contributed by atoms with van der Waals surface area (Å²) in [6.45, 7) is 3.74. The van der Waals surface area contributed by atoms with Crippen LogP contribution in [0.4, 0.5) is 11.5 Å². The second-order valence-corrected chi connectivity index (χ2v) is 8.30. The monoisotopic (exact) mass is 458 g/mol. The number of rotatable bonds is 7. The number of amides is 2. The predicted molar refractivity (Wildman–Crippen MR) is 133 cm³/mol. The number of pyridine rings is 1. The molecule has 7 nitrogen and oxygen atoms in total. The van der Waals surface area contributed by atoms with Crippen molar-refractivity contribution in [2.24, 2.45) is 0 Å². The number of piperidine rings is 1. The lowest BCUT2D eigenvalue weighted by atomic mass is 10.0. The summed E-state index contributed by atoms with van der Waals surface area (Å²) in [5, 5.41) is 3.09. The van der Waals surface area contributed by atoms with Gasteiger partial charge in [0.15, 0.2) is 0 Å². The van der Waals surface area contributed by atoms with E-state index in [4.69, 9.17) is 4.74 Å². The minimum atomic E-state index is -0.141. The van der Waals surface area contributed by atoms with Gasteiger partial charge < -0.3 is 19.9 Å². The van der Waals surface area contributed by atoms with Crippen molar-refractivity contribution < 1.29 is 14.3 Å². The predicted octanol–water partition coefficient (Wildman–Crippen LogP) is 4.28. The van der Waals surface area contributed by atoms with Crippen LogP contribution in [0.25, 0.3) is 0 Å². The van der Waals surface area contributed by atoms with E-state index in [1.165, 1.54) is 0 Å². The molecule has 2 aromatic carbocycles. The van der Waals surface area contributed by atoms with Crippen molar-refractivity contribution in [1.82, 2.24) is 15.2 Å². The van der Waals surface area contributed by atoms with Gasteiger partial charge in [-0.3, -0.25) is 9.59 Å². The number of nitrogens with zero attached hydrogens (tertiary/aromatic N) is 3. The first-order valence-electron chi connectivity index (χ1n) is 11.6. The number of para-hydroxylation sites is 1. The smallest absolute Gasteiger partial charge is 0.253 e. The molecule has 3 aromatic rings. The Morgan fingerprint density at radius 2 is 1.68 bits per heavy atom. The second kappa shape index (κ2) is 10.8. The molecule has 7 heteroatoms. The highest BCUT2D eigenvalue weighted by Gasteiger charge is 2.25. The zero-order chi connectivity index (χ0) is 23.9. The van der Waals surface area contributed by atoms with E-state index < -0.39 is 0 Å². The average Bonchev–Trinajstić information content (AvgIpc) is 2.89. The molecule has 1 N–H and O–H groups in total. The van der Waals surface area contributed by atoms with Gasteiger partial charge in [0.1, 0.15) is 11.6 Å². The molecule has 0 saturated carbocycles. The lowest BCUT2D eigenvalue weighted by Crippen LogP contribution is -2.46. The van der Waals surface area contributed by atoms with E-state index in [2.05, 4.69) is 10.3 Å². The Morgan fingerprint density at radius 1 is 1.00 bits per heavy atom. The summed E-state index contributed by atoms with van der Waals surface area (Å²) in [7, 11) is 1.94. The van der Waals surface area contributed by atoms with Gasteiger partial charge in [0.05, 0.1) is 12.2 Å². The van der Waals surface area contributed by atoms with Crippen LogP contribution in [-0.2, 0) is 0 Å². The number of carbonyl (C=O) groups excluding carboxylic acids is 2. The van der Waals surface area contributed by atoms with Crippen LogP contribution in [0.2, 0.25) is 0 Å². The standard InChI is InChI=1S/C27H30N4O3/c1-3-34-24-12-9-20(10-13-24)27(33)31-17-15-22(16-18-31)29-26(32)21-11-14-25(28-19-21)30(2)23-7-5-4-6-8-23/h4-14,19,22H,3,15-18H2,1-2H3,(H,29,32). The quantitative estimate of drug-likeness (QED) is 0.572. The number of hydrogen-bond acceptors (Lipinski definition) is 5. The topological polar surface area (TPSA) is 74.8 Å². The highest BCUT2D eigenvalue weighted by atomic mass is 16.5. The van der Waals surface area contributed by atoms with Crippen LogP contribution in [0.5, 0.6) is 5.75 Å². The minimum absolute atomic E-state index is 0.00940. The summed E-state index contributed by atoms with van der Waals surface area (Å²) in [6.07, 6.45) is 3.04. The first kappa shape index (κ1) is 23.3. The number of ether oxygens (including phenoxy) is 1. The maximum Gasteiger partial charge on any atom is 0.253 e. The molecule has 1 fully saturated rings. The van der Waals surface area contributed by atoms with Crippen LogP contribution in [0, 0.1) is 0 Å². The van der Waals surface area contributed by atoms with Gasteiger partial charge in [-0.05, 0) is 68.3 Å². The maximum atomic E-state index is 12.8. The number of nitrogens with one attached hydrogen (secondary N) is 1. The van der Waals surface area contributed by atoms with E-state index in [9.17, 15) is 9.59 Å². The van der Waals surface area contributed by atoms with Gasteiger partial charge in [-0.1, -0.05) is 18.2 Å². The third-order valence-corrected chi connectivity index (χ3v) is 6.03. The summed E-state index contributed by atoms with van der Waals surface area (Å²) >= 11 is 0. The molecular formula is C27H30N4O3. The summed E-state index contributed by atoms with van der Waals surface area (Å²) < 4.78 is 5.44. The van der Waals surface area contributed by atoms with Crippen molar-refractivity contribution in [3.05, 3.63) is 84.1 Å². The molecule has 1 saturated heterocycles. The minimum Gasteiger partial charge on any atom is -0.494 e. The van der Waals surface area contributed by atoms with E-state index >= 15 is 0 Å². The van der Waals surface area contributed by atoms with E-state index in [1.807, 2.05) is 72.3 Å². The van der Waals surface area contributed by atoms with Gasteiger partial charge in [0, 0.05) is 43.6 Å². The molecule has 0 radical (unpaired) electrons. The number of hydrogen-bond donors (Lipinski definition) is 1. The molecule has 34 heavy (non-hydrogen) atoms. The number of likely N-dealkylation sites (tertiary alicyclic amines) is 1. The fourth-order valence-electron chi connectivity index (χ4n) is 4.04. The molecule has 0 spiro atoms. The molecule has 1 aliphatic rings. The molecule has 2 amide bonds. The fourth-order valence-corrected chi connectivity index (χ4v) is 4.04. The van der Waals surface area contributed by atoms with Crippen molar-refractivity contribution >= 4 is 23.3 Å². The van der Waals surface area contributed by atoms with Crippen molar-refractivity contribution in [3.8, 4) is 5.75 Å². The molecule has 0 aliphatic carbocycles. The Kier molecular flexibility index (Phi) is 7.42. The Hall–Kier alpha value is -3.87. The maximum absolute atomic E-state index is 12.8. The van der Waals surface area contributed by atoms with Gasteiger partial charge in [0.25, 0.3) is 11.8 Å². The first-order valence-corrected chi connectivity index (χ1v) is 11.6. The molecule has 176 valence electrons. The van der Waals surface area contributed by atoms with Crippen LogP contribution in [-0.4, -0.2) is 54.5 Å². The molecule has 0 atom stereocenters. The Balaban J connectivity index is 1.28. The van der Waals surface area contributed by atoms with Crippen molar-refractivity contribution in [1.29, 1.82) is 0 Å². The van der Waals surface area contributed by atoms with Crippen molar-refractivity contribution in [2.75, 3.05) is 31.6 Å². The fraction of sp³-hybridized carbons (Fsp3) is 0.296. The largest absolute Gasteiger partial charge is 0.494 e. The Labute approximate surface area is 200 Å². The Morgan fingerprint density at radius 3 is 2.29 bits per heavy atom. The number of carbonyl (C=O) groups is 2. The molecular weight excluding hydrogens is 428 g/mol. The van der Waals surface area contributed by atoms with Gasteiger partial charge >= 0.3 is 0 Å². The second-order valence-electron chi connectivity index (χ2n) is 8.30. The van der Waals surface area contributed by atoms with Gasteiger partial charge in [-0.25, -0.2) is 4.98 Å². The zero-order valence-corrected chi connectivity index (χ0v) is 19.6. The third kappa shape index (κ3) is 5.54. The molecule has 0 bridgehead atoms. The lowest BCUT2D eigenvalue weighted by molar-refractivity contribution is 0.0698. The molecule has 4 rings (SSSR count). The number of benzene rings is 2. The molecule has 1 aromatic heterocycles. The van der Waals surface area contributed by atoms with Gasteiger partial charge in [0.2, 0.25) is 0 Å². The van der Waals surface area contributed by atoms with Crippen LogP contribution in [0.15, 0.2) is 72.9 Å². The van der Waals surface area contributed by atoms with Gasteiger partial charge in [-0.2, -0.15) is 0 Å². The highest BCUT2D eigenvalue weighted by molar-refractivity contribution is 5.95. The summed E-state index contributed by atoms with van der Waals surface area (Å²) in [4.78, 5) is 33.8. The highest BCUT2D eigenvalue weighted by Crippen LogP contribution is 2.21. The van der Waals surface area contributed by atoms with Crippen molar-refractivity contribution in [3.63, 3.8) is 0 Å². The molecule has 0 unspecified atom stereocenters. The third-order valence-electron chi connectivity index (χ3n) is 6.03. The van der Waals surface area contributed by atoms with E-state index in [0.717, 1.165) is 30.1 Å². The number of anilines is 2. The van der Waals surface area contributed by atoms with Gasteiger partial charge in [-0.15, -0.1) is 0 Å². The van der Waals surface area contributed by atoms with E-state index in [-0.39, 0.29) is 17.9 Å². The SMILES string of the molecule is CCOc1ccc(C(=O)N2CCC(NC(=O)c3ccc(N(C)c4ccccc4)nc3)CC2)cc1. The molecule has 2 heterocycles. The first-order chi connectivity index (χ1) is 16.5. The molecule has 1 aliphatic heterocycles. The van der Waals surface area contributed by atoms with Crippen molar-refractivity contribution in [2.45, 2.75) is 25.8 Å². The number of aromatic nitrogens is 1. The van der Waals surface area contributed by atoms with E-state index in [0.29, 0.717) is 30.8 Å². The van der Waals surface area contributed by atoms with Crippen LogP contribution >= 0.6 is 0 Å². The summed E-state index contributed by atoms with van der Waals surface area (Å²) in [5.41, 5.74) is 2.20. The lowest BCUT2D eigenvalue weighted by Gasteiger charge is -2.32.